The number of carbonyl (C=O) groups excluding carboxylic acids is 3. The van der Waals surface area contributed by atoms with E-state index in [-0.39, 0.29) is 30.8 Å². The van der Waals surface area contributed by atoms with Crippen molar-refractivity contribution < 1.29 is 31.6 Å². The summed E-state index contributed by atoms with van der Waals surface area (Å²) in [6.45, 7) is 0.0810. The van der Waals surface area contributed by atoms with Gasteiger partial charge in [-0.2, -0.15) is 13.5 Å². The number of nitrogens with zero attached hydrogens (tertiary/aromatic N) is 3. The average molecular weight is 377 g/mol. The van der Waals surface area contributed by atoms with Gasteiger partial charge in [0.2, 0.25) is 5.91 Å². The fraction of sp³-hybridized carbons (Fsp3) is 0.750. The van der Waals surface area contributed by atoms with E-state index in [2.05, 4.69) is 9.71 Å². The number of urea groups is 1. The van der Waals surface area contributed by atoms with Crippen LogP contribution in [-0.4, -0.2) is 77.5 Å². The lowest BCUT2D eigenvalue weighted by molar-refractivity contribution is -0.142. The van der Waals surface area contributed by atoms with Crippen LogP contribution in [0.1, 0.15) is 19.3 Å². The van der Waals surface area contributed by atoms with E-state index >= 15 is 0 Å². The van der Waals surface area contributed by atoms with Gasteiger partial charge in [0.25, 0.3) is 5.91 Å². The first-order valence-corrected chi connectivity index (χ1v) is 9.05. The number of rotatable bonds is 4. The third-order valence-electron chi connectivity index (χ3n) is 4.57. The quantitative estimate of drug-likeness (QED) is 0.368. The Morgan fingerprint density at radius 2 is 2.04 bits per heavy atom. The van der Waals surface area contributed by atoms with Crippen LogP contribution in [0.3, 0.4) is 0 Å². The van der Waals surface area contributed by atoms with Gasteiger partial charge in [0, 0.05) is 19.6 Å². The second-order valence-electron chi connectivity index (χ2n) is 6.39. The van der Waals surface area contributed by atoms with Gasteiger partial charge in [-0.3, -0.25) is 24.6 Å². The first-order valence-electron chi connectivity index (χ1n) is 7.69. The number of piperidine rings is 1. The molecule has 0 radical (unpaired) electrons. The van der Waals surface area contributed by atoms with Crippen molar-refractivity contribution in [3.63, 3.8) is 0 Å². The van der Waals surface area contributed by atoms with E-state index in [1.807, 2.05) is 0 Å². The number of carbonyl (C=O) groups is 3. The minimum atomic E-state index is -4.84. The Balaban J connectivity index is 1.63. The minimum absolute atomic E-state index is 0.0810. The molecule has 1 aliphatic carbocycles. The lowest BCUT2D eigenvalue weighted by Gasteiger charge is -2.30. The number of amides is 4. The van der Waals surface area contributed by atoms with Crippen molar-refractivity contribution in [1.82, 2.24) is 20.4 Å². The third-order valence-corrected chi connectivity index (χ3v) is 4.91. The summed E-state index contributed by atoms with van der Waals surface area (Å²) >= 11 is 0. The number of hydrogen-bond acceptors (Lipinski definition) is 7. The highest BCUT2D eigenvalue weighted by molar-refractivity contribution is 7.80. The zero-order valence-corrected chi connectivity index (χ0v) is 14.2. The molecule has 25 heavy (non-hydrogen) atoms. The zero-order chi connectivity index (χ0) is 18.5. The molecule has 0 aromatic rings. The summed E-state index contributed by atoms with van der Waals surface area (Å²) in [5.41, 5.74) is 8.04. The van der Waals surface area contributed by atoms with Crippen LogP contribution >= 0.6 is 0 Å². The molecule has 2 saturated heterocycles. The maximum absolute atomic E-state index is 12.4. The van der Waals surface area contributed by atoms with Crippen molar-refractivity contribution in [2.24, 2.45) is 11.7 Å². The molecule has 12 nitrogen and oxygen atoms in total. The van der Waals surface area contributed by atoms with Crippen molar-refractivity contribution in [1.29, 1.82) is 0 Å². The van der Waals surface area contributed by atoms with Crippen molar-refractivity contribution >= 4 is 28.2 Å². The SMILES string of the molecule is CN(NC(=O)[C@@H]1CC[C@@H]2CN1C(=O)N2OS(=O)(=O)O)C(=O)C1CC1N. The van der Waals surface area contributed by atoms with Gasteiger partial charge in [0.05, 0.1) is 12.0 Å². The highest BCUT2D eigenvalue weighted by Crippen LogP contribution is 2.31. The lowest BCUT2D eigenvalue weighted by atomic mass is 10.0. The van der Waals surface area contributed by atoms with Crippen molar-refractivity contribution in [3.05, 3.63) is 0 Å². The highest BCUT2D eigenvalue weighted by atomic mass is 32.3. The molecule has 2 unspecified atom stereocenters. The van der Waals surface area contributed by atoms with Crippen LogP contribution in [0, 0.1) is 5.92 Å². The molecule has 0 aromatic heterocycles. The minimum Gasteiger partial charge on any atom is -0.327 e. The molecule has 4 amide bonds. The lowest BCUT2D eigenvalue weighted by Crippen LogP contribution is -2.55. The first kappa shape index (κ1) is 17.8. The van der Waals surface area contributed by atoms with Crippen LogP contribution in [0.25, 0.3) is 0 Å². The van der Waals surface area contributed by atoms with Gasteiger partial charge in [-0.1, -0.05) is 0 Å². The molecule has 2 bridgehead atoms. The molecule has 2 heterocycles. The highest BCUT2D eigenvalue weighted by Gasteiger charge is 2.50. The third kappa shape index (κ3) is 3.53. The Kier molecular flexibility index (Phi) is 4.35. The topological polar surface area (TPSA) is 163 Å². The van der Waals surface area contributed by atoms with Gasteiger partial charge < -0.3 is 10.6 Å². The molecule has 2 aliphatic heterocycles. The standard InChI is InChI=1S/C12H19N5O7S/c1-15(11(19)7-4-8(7)13)14-10(18)9-3-2-6-5-16(9)12(20)17(6)24-25(21,22)23/h6-9H,2-5,13H2,1H3,(H,14,18)(H,21,22,23)/t6-,7?,8?,9+/m1/s1. The predicted molar refractivity (Wildman–Crippen MR) is 80.4 cm³/mol. The van der Waals surface area contributed by atoms with Gasteiger partial charge >= 0.3 is 16.4 Å². The Morgan fingerprint density at radius 3 is 2.60 bits per heavy atom. The summed E-state index contributed by atoms with van der Waals surface area (Å²) in [5, 5.41) is 1.61. The summed E-state index contributed by atoms with van der Waals surface area (Å²) in [6, 6.07) is -2.49. The van der Waals surface area contributed by atoms with Crippen LogP contribution in [-0.2, 0) is 24.3 Å². The molecule has 13 heteroatoms. The van der Waals surface area contributed by atoms with E-state index < -0.39 is 34.4 Å². The maximum Gasteiger partial charge on any atom is 0.418 e. The number of hydrazine groups is 1. The fourth-order valence-corrected chi connectivity index (χ4v) is 3.53. The van der Waals surface area contributed by atoms with Gasteiger partial charge in [0.1, 0.15) is 6.04 Å². The van der Waals surface area contributed by atoms with E-state index in [4.69, 9.17) is 10.3 Å². The van der Waals surface area contributed by atoms with Crippen LogP contribution in [0.2, 0.25) is 0 Å². The fourth-order valence-electron chi connectivity index (χ4n) is 3.15. The Hall–Kier alpha value is -1.96. The molecular weight excluding hydrogens is 358 g/mol. The monoisotopic (exact) mass is 377 g/mol. The molecule has 1 saturated carbocycles. The van der Waals surface area contributed by atoms with Crippen LogP contribution < -0.4 is 11.2 Å². The van der Waals surface area contributed by atoms with Crippen molar-refractivity contribution in [2.45, 2.75) is 37.4 Å². The Morgan fingerprint density at radius 1 is 1.40 bits per heavy atom. The molecule has 3 aliphatic rings. The molecule has 0 aromatic carbocycles. The van der Waals surface area contributed by atoms with Crippen molar-refractivity contribution in [2.75, 3.05) is 13.6 Å². The summed E-state index contributed by atoms with van der Waals surface area (Å²) < 4.78 is 34.7. The number of hydroxylamine groups is 2. The van der Waals surface area contributed by atoms with E-state index in [9.17, 15) is 22.8 Å². The number of nitrogens with one attached hydrogen (secondary N) is 1. The largest absolute Gasteiger partial charge is 0.418 e. The first-order chi connectivity index (χ1) is 11.6. The molecule has 3 fully saturated rings. The average Bonchev–Trinajstić information content (AvgIpc) is 3.21. The van der Waals surface area contributed by atoms with E-state index in [1.54, 1.807) is 0 Å². The molecule has 4 N–H and O–H groups in total. The molecule has 140 valence electrons. The second-order valence-corrected chi connectivity index (χ2v) is 7.39. The molecule has 4 atom stereocenters. The van der Waals surface area contributed by atoms with E-state index in [0.29, 0.717) is 17.9 Å². The molecule has 0 spiro atoms. The van der Waals surface area contributed by atoms with Gasteiger partial charge in [-0.15, -0.1) is 4.28 Å². The summed E-state index contributed by atoms with van der Waals surface area (Å²) in [4.78, 5) is 37.8. The van der Waals surface area contributed by atoms with Gasteiger partial charge in [-0.05, 0) is 19.3 Å². The number of nitrogens with two attached hydrogens (primary N) is 1. The van der Waals surface area contributed by atoms with Gasteiger partial charge in [-0.25, -0.2) is 4.79 Å². The van der Waals surface area contributed by atoms with Crippen molar-refractivity contribution in [3.8, 4) is 0 Å². The van der Waals surface area contributed by atoms with E-state index in [1.165, 1.54) is 7.05 Å². The van der Waals surface area contributed by atoms with E-state index in [0.717, 1.165) is 9.91 Å². The number of hydrogen-bond donors (Lipinski definition) is 3. The van der Waals surface area contributed by atoms with Crippen LogP contribution in [0.15, 0.2) is 0 Å². The van der Waals surface area contributed by atoms with Gasteiger partial charge in [0.15, 0.2) is 0 Å². The maximum atomic E-state index is 12.4. The van der Waals surface area contributed by atoms with Crippen LogP contribution in [0.5, 0.6) is 0 Å². The summed E-state index contributed by atoms with van der Waals surface area (Å²) in [6.07, 6.45) is 1.14. The number of fused-ring (bicyclic) bond motifs is 2. The smallest absolute Gasteiger partial charge is 0.327 e. The zero-order valence-electron chi connectivity index (χ0n) is 13.4. The summed E-state index contributed by atoms with van der Waals surface area (Å²) in [5.74, 6) is -1.18. The Bertz CT molecular complexity index is 713. The predicted octanol–water partition coefficient (Wildman–Crippen LogP) is -2.17. The normalized spacial score (nSPS) is 31.1. The molecule has 3 rings (SSSR count). The van der Waals surface area contributed by atoms with Crippen LogP contribution in [0.4, 0.5) is 4.79 Å². The second kappa shape index (κ2) is 6.09. The Labute approximate surface area is 143 Å². The summed E-state index contributed by atoms with van der Waals surface area (Å²) in [7, 11) is -3.44. The molecular formula is C12H19N5O7S.